The molecule has 0 unspecified atom stereocenters. The molecule has 0 bridgehead atoms. The summed E-state index contributed by atoms with van der Waals surface area (Å²) < 4.78 is 0. The van der Waals surface area contributed by atoms with E-state index in [-0.39, 0.29) is 25.0 Å². The van der Waals surface area contributed by atoms with Crippen molar-refractivity contribution >= 4 is 17.5 Å². The topological polar surface area (TPSA) is 104 Å². The number of benzene rings is 1. The molecule has 18 heavy (non-hydrogen) atoms. The van der Waals surface area contributed by atoms with Gasteiger partial charge in [0, 0.05) is 24.4 Å². The van der Waals surface area contributed by atoms with Gasteiger partial charge in [-0.2, -0.15) is 0 Å². The van der Waals surface area contributed by atoms with E-state index in [1.807, 2.05) is 0 Å². The Morgan fingerprint density at radius 2 is 1.83 bits per heavy atom. The lowest BCUT2D eigenvalue weighted by Crippen LogP contribution is -2.37. The smallest absolute Gasteiger partial charge is 0.251 e. The summed E-state index contributed by atoms with van der Waals surface area (Å²) in [6.07, 6.45) is 0.498. The SMILES string of the molecule is Nc1ccc(C(=O)NCC(=O)NCCCO)cc1. The van der Waals surface area contributed by atoms with E-state index < -0.39 is 0 Å². The molecule has 5 N–H and O–H groups in total. The first kappa shape index (κ1) is 14.0. The molecule has 6 nitrogen and oxygen atoms in total. The lowest BCUT2D eigenvalue weighted by molar-refractivity contribution is -0.120. The van der Waals surface area contributed by atoms with Gasteiger partial charge in [-0.15, -0.1) is 0 Å². The van der Waals surface area contributed by atoms with Crippen molar-refractivity contribution in [3.05, 3.63) is 29.8 Å². The van der Waals surface area contributed by atoms with Crippen LogP contribution in [0.4, 0.5) is 5.69 Å². The molecule has 1 aromatic rings. The van der Waals surface area contributed by atoms with Crippen LogP contribution in [0.15, 0.2) is 24.3 Å². The first-order valence-electron chi connectivity index (χ1n) is 5.65. The van der Waals surface area contributed by atoms with Gasteiger partial charge < -0.3 is 21.5 Å². The normalized spacial score (nSPS) is 9.83. The minimum Gasteiger partial charge on any atom is -0.399 e. The molecule has 0 aliphatic heterocycles. The number of aliphatic hydroxyl groups is 1. The third-order valence-corrected chi connectivity index (χ3v) is 2.24. The van der Waals surface area contributed by atoms with Gasteiger partial charge in [-0.25, -0.2) is 0 Å². The molecule has 6 heteroatoms. The average molecular weight is 251 g/mol. The van der Waals surface area contributed by atoms with Gasteiger partial charge >= 0.3 is 0 Å². The van der Waals surface area contributed by atoms with Gasteiger partial charge in [-0.3, -0.25) is 9.59 Å². The van der Waals surface area contributed by atoms with E-state index in [9.17, 15) is 9.59 Å². The first-order valence-corrected chi connectivity index (χ1v) is 5.65. The Morgan fingerprint density at radius 3 is 2.44 bits per heavy atom. The number of nitrogens with two attached hydrogens (primary N) is 1. The van der Waals surface area contributed by atoms with E-state index in [2.05, 4.69) is 10.6 Å². The molecule has 0 heterocycles. The number of nitrogen functional groups attached to an aromatic ring is 1. The van der Waals surface area contributed by atoms with Gasteiger partial charge in [0.15, 0.2) is 0 Å². The van der Waals surface area contributed by atoms with Gasteiger partial charge in [0.2, 0.25) is 5.91 Å². The highest BCUT2D eigenvalue weighted by Crippen LogP contribution is 2.04. The Kier molecular flexibility index (Phi) is 5.66. The predicted molar refractivity (Wildman–Crippen MR) is 67.9 cm³/mol. The molecule has 0 aliphatic rings. The summed E-state index contributed by atoms with van der Waals surface area (Å²) in [7, 11) is 0. The maximum atomic E-state index is 11.6. The van der Waals surface area contributed by atoms with Gasteiger partial charge in [0.1, 0.15) is 0 Å². The zero-order valence-corrected chi connectivity index (χ0v) is 9.98. The second kappa shape index (κ2) is 7.29. The van der Waals surface area contributed by atoms with Crippen molar-refractivity contribution in [2.45, 2.75) is 6.42 Å². The van der Waals surface area contributed by atoms with E-state index >= 15 is 0 Å². The third-order valence-electron chi connectivity index (χ3n) is 2.24. The van der Waals surface area contributed by atoms with E-state index in [0.717, 1.165) is 0 Å². The third kappa shape index (κ3) is 4.84. The Hall–Kier alpha value is -2.08. The molecule has 0 aliphatic carbocycles. The maximum absolute atomic E-state index is 11.6. The van der Waals surface area contributed by atoms with E-state index in [1.165, 1.54) is 0 Å². The molecular weight excluding hydrogens is 234 g/mol. The standard InChI is InChI=1S/C12H17N3O3/c13-10-4-2-9(3-5-10)12(18)15-8-11(17)14-6-1-7-16/h2-5,16H,1,6-8,13H2,(H,14,17)(H,15,18). The number of amides is 2. The van der Waals surface area contributed by atoms with Crippen LogP contribution in [-0.4, -0.2) is 36.6 Å². The fraction of sp³-hybridized carbons (Fsp3) is 0.333. The van der Waals surface area contributed by atoms with Crippen molar-refractivity contribution in [3.63, 3.8) is 0 Å². The Balaban J connectivity index is 2.32. The van der Waals surface area contributed by atoms with Crippen LogP contribution in [0.1, 0.15) is 16.8 Å². The van der Waals surface area contributed by atoms with E-state index in [1.54, 1.807) is 24.3 Å². The van der Waals surface area contributed by atoms with Crippen LogP contribution >= 0.6 is 0 Å². The van der Waals surface area contributed by atoms with Crippen LogP contribution in [0.5, 0.6) is 0 Å². The minimum atomic E-state index is -0.327. The maximum Gasteiger partial charge on any atom is 0.251 e. The van der Waals surface area contributed by atoms with Crippen molar-refractivity contribution in [1.82, 2.24) is 10.6 Å². The quantitative estimate of drug-likeness (QED) is 0.404. The second-order valence-corrected chi connectivity index (χ2v) is 3.73. The van der Waals surface area contributed by atoms with Gasteiger partial charge in [0.05, 0.1) is 6.54 Å². The molecule has 0 fully saturated rings. The van der Waals surface area contributed by atoms with Crippen LogP contribution in [0.25, 0.3) is 0 Å². The molecule has 98 valence electrons. The Bertz CT molecular complexity index is 404. The highest BCUT2D eigenvalue weighted by Gasteiger charge is 2.07. The number of aliphatic hydroxyl groups excluding tert-OH is 1. The molecule has 0 atom stereocenters. The van der Waals surface area contributed by atoms with Crippen LogP contribution < -0.4 is 16.4 Å². The summed E-state index contributed by atoms with van der Waals surface area (Å²) >= 11 is 0. The number of rotatable bonds is 6. The summed E-state index contributed by atoms with van der Waals surface area (Å²) in [6.45, 7) is 0.333. The highest BCUT2D eigenvalue weighted by atomic mass is 16.3. The number of nitrogens with one attached hydrogen (secondary N) is 2. The van der Waals surface area contributed by atoms with E-state index in [4.69, 9.17) is 10.8 Å². The largest absolute Gasteiger partial charge is 0.399 e. The first-order chi connectivity index (χ1) is 8.63. The van der Waals surface area contributed by atoms with Crippen LogP contribution in [-0.2, 0) is 4.79 Å². The number of carbonyl (C=O) groups excluding carboxylic acids is 2. The zero-order chi connectivity index (χ0) is 13.4. The van der Waals surface area contributed by atoms with Gasteiger partial charge in [-0.1, -0.05) is 0 Å². The Labute approximate surface area is 105 Å². The molecule has 0 saturated heterocycles. The molecule has 1 rings (SSSR count). The summed E-state index contributed by atoms with van der Waals surface area (Å²) in [4.78, 5) is 22.9. The van der Waals surface area contributed by atoms with Crippen molar-refractivity contribution in [3.8, 4) is 0 Å². The van der Waals surface area contributed by atoms with Crippen LogP contribution in [0.2, 0.25) is 0 Å². The monoisotopic (exact) mass is 251 g/mol. The molecule has 2 amide bonds. The Morgan fingerprint density at radius 1 is 1.17 bits per heavy atom. The summed E-state index contributed by atoms with van der Waals surface area (Å²) in [5.41, 5.74) is 6.53. The van der Waals surface area contributed by atoms with Gasteiger partial charge in [-0.05, 0) is 30.7 Å². The summed E-state index contributed by atoms with van der Waals surface area (Å²) in [5.74, 6) is -0.612. The lowest BCUT2D eigenvalue weighted by atomic mass is 10.2. The molecule has 0 radical (unpaired) electrons. The molecular formula is C12H17N3O3. The minimum absolute atomic E-state index is 0.0259. The number of hydrogen-bond donors (Lipinski definition) is 4. The fourth-order valence-electron chi connectivity index (χ4n) is 1.27. The number of hydrogen-bond acceptors (Lipinski definition) is 4. The number of anilines is 1. The molecule has 0 aromatic heterocycles. The van der Waals surface area contributed by atoms with Gasteiger partial charge in [0.25, 0.3) is 5.91 Å². The second-order valence-electron chi connectivity index (χ2n) is 3.73. The van der Waals surface area contributed by atoms with Crippen molar-refractivity contribution in [1.29, 1.82) is 0 Å². The van der Waals surface area contributed by atoms with E-state index in [0.29, 0.717) is 24.2 Å². The van der Waals surface area contributed by atoms with Crippen LogP contribution in [0, 0.1) is 0 Å². The fourth-order valence-corrected chi connectivity index (χ4v) is 1.27. The van der Waals surface area contributed by atoms with Crippen molar-refractivity contribution in [2.75, 3.05) is 25.4 Å². The zero-order valence-electron chi connectivity index (χ0n) is 9.98. The number of carbonyl (C=O) groups is 2. The lowest BCUT2D eigenvalue weighted by Gasteiger charge is -2.06. The molecule has 0 spiro atoms. The van der Waals surface area contributed by atoms with Crippen molar-refractivity contribution in [2.24, 2.45) is 0 Å². The van der Waals surface area contributed by atoms with Crippen LogP contribution in [0.3, 0.4) is 0 Å². The predicted octanol–water partition coefficient (Wildman–Crippen LogP) is -0.503. The molecule has 1 aromatic carbocycles. The molecule has 0 saturated carbocycles. The summed E-state index contributed by atoms with van der Waals surface area (Å²) in [5, 5.41) is 13.6. The average Bonchev–Trinajstić information content (AvgIpc) is 2.37. The highest BCUT2D eigenvalue weighted by molar-refractivity contribution is 5.96. The summed E-state index contributed by atoms with van der Waals surface area (Å²) in [6, 6.07) is 6.43. The van der Waals surface area contributed by atoms with Crippen molar-refractivity contribution < 1.29 is 14.7 Å².